The molecule has 3 aromatic carbocycles. The molecule has 0 atom stereocenters. The highest BCUT2D eigenvalue weighted by Crippen LogP contribution is 2.19. The zero-order valence-electron chi connectivity index (χ0n) is 17.5. The van der Waals surface area contributed by atoms with E-state index in [4.69, 9.17) is 4.74 Å². The van der Waals surface area contributed by atoms with Gasteiger partial charge in [0.1, 0.15) is 18.2 Å². The Balaban J connectivity index is 1.64. The van der Waals surface area contributed by atoms with Gasteiger partial charge in [0.2, 0.25) is 0 Å². The molecule has 0 spiro atoms. The third-order valence-electron chi connectivity index (χ3n) is 4.57. The molecule has 0 heterocycles. The van der Waals surface area contributed by atoms with Crippen LogP contribution in [0.3, 0.4) is 0 Å². The molecular formula is C24H23FN2O4S. The van der Waals surface area contributed by atoms with E-state index in [1.165, 1.54) is 36.4 Å². The van der Waals surface area contributed by atoms with Crippen molar-refractivity contribution in [1.82, 2.24) is 4.90 Å². The lowest BCUT2D eigenvalue weighted by Crippen LogP contribution is -2.26. The Morgan fingerprint density at radius 1 is 1.03 bits per heavy atom. The number of rotatable bonds is 9. The van der Waals surface area contributed by atoms with Crippen LogP contribution in [0.4, 0.5) is 10.1 Å². The SMILES string of the molecule is C=CCOc1ccc(CN(C)C(=O)c2ccc(S(=O)(=O)Nc3ccc(F)cc3)cc2)cc1. The second-order valence-corrected chi connectivity index (χ2v) is 8.72. The number of anilines is 1. The minimum Gasteiger partial charge on any atom is -0.490 e. The van der Waals surface area contributed by atoms with Gasteiger partial charge in [-0.1, -0.05) is 24.8 Å². The number of nitrogens with zero attached hydrogens (tertiary/aromatic N) is 1. The monoisotopic (exact) mass is 454 g/mol. The van der Waals surface area contributed by atoms with Gasteiger partial charge >= 0.3 is 0 Å². The van der Waals surface area contributed by atoms with E-state index in [9.17, 15) is 17.6 Å². The molecule has 0 saturated heterocycles. The number of hydrogen-bond donors (Lipinski definition) is 1. The van der Waals surface area contributed by atoms with Crippen molar-refractivity contribution in [2.75, 3.05) is 18.4 Å². The van der Waals surface area contributed by atoms with Crippen LogP contribution in [-0.4, -0.2) is 32.9 Å². The van der Waals surface area contributed by atoms with E-state index in [-0.39, 0.29) is 16.5 Å². The molecule has 0 aliphatic heterocycles. The number of benzene rings is 3. The molecule has 0 fully saturated rings. The van der Waals surface area contributed by atoms with E-state index in [2.05, 4.69) is 11.3 Å². The summed E-state index contributed by atoms with van der Waals surface area (Å²) in [6.45, 7) is 4.40. The number of ether oxygens (including phenoxy) is 1. The van der Waals surface area contributed by atoms with E-state index in [1.54, 1.807) is 18.0 Å². The fourth-order valence-corrected chi connectivity index (χ4v) is 3.98. The topological polar surface area (TPSA) is 75.7 Å². The highest BCUT2D eigenvalue weighted by Gasteiger charge is 2.17. The summed E-state index contributed by atoms with van der Waals surface area (Å²) in [6.07, 6.45) is 1.66. The highest BCUT2D eigenvalue weighted by molar-refractivity contribution is 7.92. The van der Waals surface area contributed by atoms with Gasteiger partial charge in [-0.25, -0.2) is 12.8 Å². The van der Waals surface area contributed by atoms with Crippen molar-refractivity contribution < 1.29 is 22.3 Å². The van der Waals surface area contributed by atoms with Gasteiger partial charge in [-0.15, -0.1) is 0 Å². The van der Waals surface area contributed by atoms with Gasteiger partial charge in [-0.05, 0) is 66.2 Å². The number of halogens is 1. The maximum atomic E-state index is 13.0. The second-order valence-electron chi connectivity index (χ2n) is 7.04. The maximum Gasteiger partial charge on any atom is 0.261 e. The average Bonchev–Trinajstić information content (AvgIpc) is 2.79. The largest absolute Gasteiger partial charge is 0.490 e. The van der Waals surface area contributed by atoms with Gasteiger partial charge in [0.15, 0.2) is 0 Å². The van der Waals surface area contributed by atoms with Crippen LogP contribution in [-0.2, 0) is 16.6 Å². The summed E-state index contributed by atoms with van der Waals surface area (Å²) in [6, 6.07) is 18.0. The third-order valence-corrected chi connectivity index (χ3v) is 5.96. The maximum absolute atomic E-state index is 13.0. The van der Waals surface area contributed by atoms with Crippen LogP contribution < -0.4 is 9.46 Å². The predicted molar refractivity (Wildman–Crippen MR) is 122 cm³/mol. The Morgan fingerprint density at radius 2 is 1.66 bits per heavy atom. The second kappa shape index (κ2) is 10.1. The first kappa shape index (κ1) is 23.0. The van der Waals surface area contributed by atoms with Crippen LogP contribution >= 0.6 is 0 Å². The molecule has 0 radical (unpaired) electrons. The van der Waals surface area contributed by atoms with Crippen molar-refractivity contribution in [3.8, 4) is 5.75 Å². The molecule has 3 rings (SSSR count). The average molecular weight is 455 g/mol. The number of nitrogens with one attached hydrogen (secondary N) is 1. The van der Waals surface area contributed by atoms with Crippen molar-refractivity contribution in [2.24, 2.45) is 0 Å². The lowest BCUT2D eigenvalue weighted by atomic mass is 10.1. The van der Waals surface area contributed by atoms with Crippen molar-refractivity contribution >= 4 is 21.6 Å². The fourth-order valence-electron chi connectivity index (χ4n) is 2.92. The third kappa shape index (κ3) is 5.95. The van der Waals surface area contributed by atoms with Crippen LogP contribution in [0.5, 0.6) is 5.75 Å². The fraction of sp³-hybridized carbons (Fsp3) is 0.125. The Kier molecular flexibility index (Phi) is 7.27. The summed E-state index contributed by atoms with van der Waals surface area (Å²) < 4.78 is 45.9. The molecule has 0 aromatic heterocycles. The van der Waals surface area contributed by atoms with Crippen molar-refractivity contribution in [3.63, 3.8) is 0 Å². The number of carbonyl (C=O) groups is 1. The smallest absolute Gasteiger partial charge is 0.261 e. The lowest BCUT2D eigenvalue weighted by molar-refractivity contribution is 0.0785. The van der Waals surface area contributed by atoms with Gasteiger partial charge in [0, 0.05) is 24.8 Å². The molecule has 0 aliphatic carbocycles. The van der Waals surface area contributed by atoms with Crippen LogP contribution in [0, 0.1) is 5.82 Å². The van der Waals surface area contributed by atoms with E-state index < -0.39 is 15.8 Å². The number of sulfonamides is 1. The molecular weight excluding hydrogens is 431 g/mol. The van der Waals surface area contributed by atoms with E-state index in [1.807, 2.05) is 24.3 Å². The Bertz CT molecular complexity index is 1180. The van der Waals surface area contributed by atoms with E-state index in [0.717, 1.165) is 17.7 Å². The summed E-state index contributed by atoms with van der Waals surface area (Å²) in [5.41, 5.74) is 1.53. The Hall–Kier alpha value is -3.65. The first-order valence-corrected chi connectivity index (χ1v) is 11.2. The summed E-state index contributed by atoms with van der Waals surface area (Å²) >= 11 is 0. The summed E-state index contributed by atoms with van der Waals surface area (Å²) in [4.78, 5) is 14.3. The quantitative estimate of drug-likeness (QED) is 0.484. The molecule has 32 heavy (non-hydrogen) atoms. The predicted octanol–water partition coefficient (Wildman–Crippen LogP) is 4.46. The molecule has 0 saturated carbocycles. The van der Waals surface area contributed by atoms with Crippen molar-refractivity contribution in [2.45, 2.75) is 11.4 Å². The van der Waals surface area contributed by atoms with Gasteiger partial charge in [0.25, 0.3) is 15.9 Å². The molecule has 8 heteroatoms. The van der Waals surface area contributed by atoms with Gasteiger partial charge in [-0.2, -0.15) is 0 Å². The lowest BCUT2D eigenvalue weighted by Gasteiger charge is -2.18. The molecule has 3 aromatic rings. The first-order valence-electron chi connectivity index (χ1n) is 9.75. The van der Waals surface area contributed by atoms with Crippen LogP contribution in [0.1, 0.15) is 15.9 Å². The number of hydrogen-bond acceptors (Lipinski definition) is 4. The summed E-state index contributed by atoms with van der Waals surface area (Å²) in [5.74, 6) is 0.0120. The van der Waals surface area contributed by atoms with E-state index >= 15 is 0 Å². The molecule has 0 bridgehead atoms. The highest BCUT2D eigenvalue weighted by atomic mass is 32.2. The zero-order chi connectivity index (χ0) is 23.1. The van der Waals surface area contributed by atoms with Crippen molar-refractivity contribution in [1.29, 1.82) is 0 Å². The van der Waals surface area contributed by atoms with Gasteiger partial charge in [0.05, 0.1) is 4.90 Å². The zero-order valence-corrected chi connectivity index (χ0v) is 18.3. The van der Waals surface area contributed by atoms with Gasteiger partial charge in [-0.3, -0.25) is 9.52 Å². The van der Waals surface area contributed by atoms with Crippen LogP contribution in [0.25, 0.3) is 0 Å². The molecule has 1 amide bonds. The van der Waals surface area contributed by atoms with Crippen molar-refractivity contribution in [3.05, 3.63) is 102 Å². The standard InChI is InChI=1S/C24H23FN2O4S/c1-3-16-31-22-12-4-18(5-13-22)17-27(2)24(28)19-6-14-23(15-7-19)32(29,30)26-21-10-8-20(25)9-11-21/h3-15,26H,1,16-17H2,2H3. The summed E-state index contributed by atoms with van der Waals surface area (Å²) in [5, 5.41) is 0. The minimum atomic E-state index is -3.86. The molecule has 166 valence electrons. The molecule has 0 aliphatic rings. The van der Waals surface area contributed by atoms with E-state index in [0.29, 0.717) is 24.5 Å². The van der Waals surface area contributed by atoms with Gasteiger partial charge < -0.3 is 9.64 Å². The minimum absolute atomic E-state index is 0.00357. The van der Waals surface area contributed by atoms with Crippen LogP contribution in [0.15, 0.2) is 90.3 Å². The normalized spacial score (nSPS) is 10.9. The van der Waals surface area contributed by atoms with Crippen LogP contribution in [0.2, 0.25) is 0 Å². The molecule has 0 unspecified atom stereocenters. The molecule has 1 N–H and O–H groups in total. The first-order chi connectivity index (χ1) is 15.3. The Morgan fingerprint density at radius 3 is 2.25 bits per heavy atom. The Labute approximate surface area is 187 Å². The summed E-state index contributed by atoms with van der Waals surface area (Å²) in [7, 11) is -2.19. The number of amides is 1. The molecule has 6 nitrogen and oxygen atoms in total. The number of carbonyl (C=O) groups excluding carboxylic acids is 1.